The highest BCUT2D eigenvalue weighted by molar-refractivity contribution is 7.91. The van der Waals surface area contributed by atoms with E-state index in [1.165, 1.54) is 0 Å². The summed E-state index contributed by atoms with van der Waals surface area (Å²) in [6, 6.07) is 17.0. The van der Waals surface area contributed by atoms with Gasteiger partial charge in [0.1, 0.15) is 29.0 Å². The van der Waals surface area contributed by atoms with E-state index in [0.29, 0.717) is 59.7 Å². The summed E-state index contributed by atoms with van der Waals surface area (Å²) in [5.74, 6) is -0.218. The van der Waals surface area contributed by atoms with E-state index >= 15 is 0 Å². The number of nitrogens with zero attached hydrogens (tertiary/aromatic N) is 7. The van der Waals surface area contributed by atoms with Crippen molar-refractivity contribution in [2.75, 3.05) is 43.1 Å². The quantitative estimate of drug-likeness (QED) is 0.222. The summed E-state index contributed by atoms with van der Waals surface area (Å²) in [6.45, 7) is 7.85. The number of rotatable bonds is 8. The zero-order valence-electron chi connectivity index (χ0n) is 28.7. The van der Waals surface area contributed by atoms with Crippen molar-refractivity contribution in [1.82, 2.24) is 24.6 Å². The van der Waals surface area contributed by atoms with Crippen LogP contribution in [-0.4, -0.2) is 94.8 Å². The Balaban J connectivity index is 1.40. The molecule has 0 radical (unpaired) electrons. The predicted molar refractivity (Wildman–Crippen MR) is 188 cm³/mol. The van der Waals surface area contributed by atoms with Crippen LogP contribution in [0.25, 0.3) is 27.8 Å². The van der Waals surface area contributed by atoms with E-state index in [2.05, 4.69) is 11.0 Å². The summed E-state index contributed by atoms with van der Waals surface area (Å²) in [7, 11) is -3.64. The van der Waals surface area contributed by atoms with Gasteiger partial charge >= 0.3 is 6.09 Å². The van der Waals surface area contributed by atoms with E-state index < -0.39 is 27.0 Å². The molecule has 0 spiro atoms. The van der Waals surface area contributed by atoms with E-state index in [1.54, 1.807) is 21.8 Å². The van der Waals surface area contributed by atoms with E-state index in [1.807, 2.05) is 63.2 Å². The molecular weight excluding hydrogens is 659 g/mol. The van der Waals surface area contributed by atoms with Gasteiger partial charge < -0.3 is 19.3 Å². The number of anilines is 1. The van der Waals surface area contributed by atoms with Gasteiger partial charge in [0.25, 0.3) is 0 Å². The molecule has 6 rings (SSSR count). The van der Waals surface area contributed by atoms with Gasteiger partial charge in [0.05, 0.1) is 17.1 Å². The molecule has 2 fully saturated rings. The zero-order valence-corrected chi connectivity index (χ0v) is 29.5. The maximum Gasteiger partial charge on any atom is 0.410 e. The third-order valence-corrected chi connectivity index (χ3v) is 9.50. The Bertz CT molecular complexity index is 2020. The topological polar surface area (TPSA) is 161 Å². The van der Waals surface area contributed by atoms with Crippen LogP contribution in [0.2, 0.25) is 0 Å². The molecule has 13 nitrogen and oxygen atoms in total. The molecule has 0 bridgehead atoms. The first-order valence-electron chi connectivity index (χ1n) is 16.7. The van der Waals surface area contributed by atoms with Crippen LogP contribution in [0, 0.1) is 17.2 Å². The van der Waals surface area contributed by atoms with Gasteiger partial charge in [0.2, 0.25) is 5.88 Å². The molecule has 2 saturated heterocycles. The van der Waals surface area contributed by atoms with Crippen LogP contribution in [-0.2, 0) is 14.6 Å². The van der Waals surface area contributed by atoms with Gasteiger partial charge in [-0.3, -0.25) is 4.79 Å². The Morgan fingerprint density at radius 1 is 1.00 bits per heavy atom. The summed E-state index contributed by atoms with van der Waals surface area (Å²) in [5.41, 5.74) is 1.62. The summed E-state index contributed by atoms with van der Waals surface area (Å²) in [6.07, 6.45) is 4.73. The Hall–Kier alpha value is -5.03. The minimum atomic E-state index is -3.64. The number of fused-ring (bicyclic) bond motifs is 1. The molecule has 4 aromatic rings. The van der Waals surface area contributed by atoms with Crippen LogP contribution in [0.3, 0.4) is 0 Å². The number of para-hydroxylation sites is 1. The molecule has 1 aromatic carbocycles. The minimum absolute atomic E-state index is 0.0186. The number of pyridine rings is 2. The Morgan fingerprint density at radius 2 is 1.70 bits per heavy atom. The average molecular weight is 700 g/mol. The van der Waals surface area contributed by atoms with Crippen molar-refractivity contribution in [3.05, 3.63) is 60.4 Å². The minimum Gasteiger partial charge on any atom is -0.473 e. The molecule has 0 unspecified atom stereocenters. The van der Waals surface area contributed by atoms with Gasteiger partial charge in [-0.1, -0.05) is 18.2 Å². The number of ether oxygens (including phenoxy) is 2. The molecule has 2 aliphatic heterocycles. The Morgan fingerprint density at radius 3 is 2.30 bits per heavy atom. The largest absolute Gasteiger partial charge is 0.473 e. The maximum atomic E-state index is 13.4. The number of hydrogen-bond acceptors (Lipinski definition) is 11. The molecule has 0 atom stereocenters. The third-order valence-electron chi connectivity index (χ3n) is 8.72. The highest BCUT2D eigenvalue weighted by Gasteiger charge is 2.30. The van der Waals surface area contributed by atoms with Gasteiger partial charge in [-0.2, -0.15) is 5.26 Å². The highest BCUT2D eigenvalue weighted by Crippen LogP contribution is 2.38. The molecule has 5 heterocycles. The fourth-order valence-corrected chi connectivity index (χ4v) is 6.83. The van der Waals surface area contributed by atoms with Crippen LogP contribution < -0.4 is 9.64 Å². The Labute approximate surface area is 291 Å². The molecule has 1 amide bonds. The number of aromatic nitrogens is 4. The van der Waals surface area contributed by atoms with Crippen LogP contribution in [0.4, 0.5) is 10.6 Å². The molecular formula is C36H41N7O6S. The number of likely N-dealkylation sites (tertiary alicyclic amines) is 1. The summed E-state index contributed by atoms with van der Waals surface area (Å²) < 4.78 is 38.1. The monoisotopic (exact) mass is 699 g/mol. The molecule has 2 aliphatic rings. The fourth-order valence-electron chi connectivity index (χ4n) is 6.21. The number of sulfone groups is 1. The highest BCUT2D eigenvalue weighted by atomic mass is 32.2. The van der Waals surface area contributed by atoms with E-state index in [-0.39, 0.29) is 23.8 Å². The lowest BCUT2D eigenvalue weighted by atomic mass is 9.98. The number of Topliss-reactive ketones (excluding diaryl/α,β-unsaturated/α-hetero) is 1. The van der Waals surface area contributed by atoms with Gasteiger partial charge in [0, 0.05) is 68.5 Å². The average Bonchev–Trinajstić information content (AvgIpc) is 3.45. The zero-order chi connectivity index (χ0) is 35.6. The first kappa shape index (κ1) is 34.8. The van der Waals surface area contributed by atoms with Crippen LogP contribution in [0.15, 0.2) is 54.7 Å². The number of hydrogen-bond donors (Lipinski definition) is 0. The SMILES string of the molecule is CC(C)(C)OC(=O)N1CCC(Oc2nn(-c3ccccc3)c3nc(C(=O)CS(C)(=O)=O)cc(-c4ccc(N5CCC(C#N)CC5)nc4)c23)CC1. The normalized spacial score (nSPS) is 16.3. The van der Waals surface area contributed by atoms with Crippen LogP contribution >= 0.6 is 0 Å². The Kier molecular flexibility index (Phi) is 9.80. The van der Waals surface area contributed by atoms with Crippen molar-refractivity contribution in [2.24, 2.45) is 5.92 Å². The van der Waals surface area contributed by atoms with Gasteiger partial charge in [-0.05, 0) is 63.9 Å². The predicted octanol–water partition coefficient (Wildman–Crippen LogP) is 5.23. The van der Waals surface area contributed by atoms with Gasteiger partial charge in [0.15, 0.2) is 21.3 Å². The van der Waals surface area contributed by atoms with Crippen molar-refractivity contribution in [3.8, 4) is 28.8 Å². The second-order valence-electron chi connectivity index (χ2n) is 13.9. The van der Waals surface area contributed by atoms with Crippen molar-refractivity contribution in [3.63, 3.8) is 0 Å². The number of amides is 1. The first-order valence-corrected chi connectivity index (χ1v) is 18.8. The summed E-state index contributed by atoms with van der Waals surface area (Å²) in [4.78, 5) is 39.3. The third kappa shape index (κ3) is 8.05. The van der Waals surface area contributed by atoms with Crippen molar-refractivity contribution in [1.29, 1.82) is 5.26 Å². The number of carbonyl (C=O) groups is 2. The van der Waals surface area contributed by atoms with Crippen molar-refractivity contribution in [2.45, 2.75) is 58.2 Å². The maximum absolute atomic E-state index is 13.4. The van der Waals surface area contributed by atoms with E-state index in [4.69, 9.17) is 24.5 Å². The molecule has 3 aromatic heterocycles. The van der Waals surface area contributed by atoms with Gasteiger partial charge in [-0.25, -0.2) is 27.9 Å². The second-order valence-corrected chi connectivity index (χ2v) is 16.0. The molecule has 50 heavy (non-hydrogen) atoms. The van der Waals surface area contributed by atoms with Gasteiger partial charge in [-0.15, -0.1) is 5.10 Å². The molecule has 0 saturated carbocycles. The summed E-state index contributed by atoms with van der Waals surface area (Å²) >= 11 is 0. The standard InChI is InChI=1S/C36H41N7O6S/c1-36(2,3)49-35(45)42-18-14-27(15-19-42)48-34-32-28(25-10-11-31(38-22-25)41-16-12-24(21-37)13-17-41)20-29(30(44)23-50(4,46)47)39-33(32)43(40-34)26-8-6-5-7-9-26/h5-11,20,22,24,27H,12-19,23H2,1-4H3. The smallest absolute Gasteiger partial charge is 0.410 e. The lowest BCUT2D eigenvalue weighted by Crippen LogP contribution is -2.44. The first-order chi connectivity index (χ1) is 23.8. The summed E-state index contributed by atoms with van der Waals surface area (Å²) in [5, 5.41) is 14.7. The lowest BCUT2D eigenvalue weighted by Gasteiger charge is -2.33. The molecule has 0 N–H and O–H groups in total. The second kappa shape index (κ2) is 14.1. The lowest BCUT2D eigenvalue weighted by molar-refractivity contribution is 0.0124. The van der Waals surface area contributed by atoms with Crippen molar-refractivity contribution >= 4 is 38.6 Å². The van der Waals surface area contributed by atoms with Crippen LogP contribution in [0.1, 0.15) is 56.9 Å². The number of benzene rings is 1. The van der Waals surface area contributed by atoms with E-state index in [9.17, 15) is 23.3 Å². The number of carbonyl (C=O) groups excluding carboxylic acids is 2. The van der Waals surface area contributed by atoms with E-state index in [0.717, 1.165) is 38.0 Å². The molecule has 262 valence electrons. The molecule has 14 heteroatoms. The van der Waals surface area contributed by atoms with Crippen LogP contribution in [0.5, 0.6) is 5.88 Å². The van der Waals surface area contributed by atoms with Crippen molar-refractivity contribution < 1.29 is 27.5 Å². The molecule has 0 aliphatic carbocycles. The number of nitriles is 1. The fraction of sp³-hybridized carbons (Fsp3) is 0.444. The number of piperidine rings is 2. The number of ketones is 1.